The van der Waals surface area contributed by atoms with Gasteiger partial charge in [-0.3, -0.25) is 14.4 Å². The zero-order valence-electron chi connectivity index (χ0n) is 16.0. The molecule has 1 aliphatic heterocycles. The van der Waals surface area contributed by atoms with Gasteiger partial charge in [0.25, 0.3) is 5.91 Å². The highest BCUT2D eigenvalue weighted by Crippen LogP contribution is 2.27. The number of anilines is 2. The molecule has 0 spiro atoms. The number of hydrogen-bond donors (Lipinski definition) is 2. The Kier molecular flexibility index (Phi) is 6.15. The summed E-state index contributed by atoms with van der Waals surface area (Å²) < 4.78 is 5.66. The lowest BCUT2D eigenvalue weighted by Crippen LogP contribution is -2.42. The lowest BCUT2D eigenvalue weighted by Gasteiger charge is -2.23. The van der Waals surface area contributed by atoms with Crippen LogP contribution >= 0.6 is 0 Å². The van der Waals surface area contributed by atoms with Crippen LogP contribution in [0.5, 0.6) is 5.75 Å². The molecule has 0 bridgehead atoms. The molecule has 2 N–H and O–H groups in total. The number of nitrogens with zero attached hydrogens (tertiary/aromatic N) is 1. The highest BCUT2D eigenvalue weighted by molar-refractivity contribution is 5.99. The molecule has 0 saturated heterocycles. The largest absolute Gasteiger partial charge is 0.484 e. The highest BCUT2D eigenvalue weighted by atomic mass is 16.5. The van der Waals surface area contributed by atoms with Gasteiger partial charge in [-0.2, -0.15) is 0 Å². The number of terminal acetylenes is 1. The molecule has 7 heteroatoms. The number of likely N-dealkylation sites (N-methyl/N-ethyl adjacent to an activating group) is 1. The average Bonchev–Trinajstić information content (AvgIpc) is 2.75. The highest BCUT2D eigenvalue weighted by Gasteiger charge is 2.20. The zero-order valence-corrected chi connectivity index (χ0v) is 16.0. The number of carbonyl (C=O) groups is 3. The van der Waals surface area contributed by atoms with E-state index in [1.807, 2.05) is 6.07 Å². The van der Waals surface area contributed by atoms with Crippen molar-refractivity contribution in [2.75, 3.05) is 30.4 Å². The molecule has 0 unspecified atom stereocenters. The van der Waals surface area contributed by atoms with Crippen molar-refractivity contribution in [1.82, 2.24) is 5.32 Å². The number of benzene rings is 2. The van der Waals surface area contributed by atoms with Crippen molar-refractivity contribution in [3.8, 4) is 18.1 Å². The first-order valence-electron chi connectivity index (χ1n) is 9.13. The van der Waals surface area contributed by atoms with E-state index in [1.54, 1.807) is 36.4 Å². The van der Waals surface area contributed by atoms with Crippen molar-refractivity contribution in [1.29, 1.82) is 0 Å². The molecule has 0 fully saturated rings. The Labute approximate surface area is 169 Å². The maximum absolute atomic E-state index is 12.8. The first-order valence-corrected chi connectivity index (χ1v) is 9.13. The van der Waals surface area contributed by atoms with Crippen LogP contribution in [0.15, 0.2) is 42.5 Å². The lowest BCUT2D eigenvalue weighted by atomic mass is 10.0. The van der Waals surface area contributed by atoms with E-state index in [0.29, 0.717) is 29.8 Å². The minimum atomic E-state index is -0.381. The number of fused-ring (bicyclic) bond motifs is 1. The third kappa shape index (κ3) is 4.93. The van der Waals surface area contributed by atoms with Crippen LogP contribution in [0, 0.1) is 12.3 Å². The second-order valence-corrected chi connectivity index (χ2v) is 6.50. The predicted molar refractivity (Wildman–Crippen MR) is 110 cm³/mol. The smallest absolute Gasteiger partial charge is 0.265 e. The van der Waals surface area contributed by atoms with Crippen LogP contribution in [0.2, 0.25) is 0 Å². The first kappa shape index (κ1) is 20.0. The molecule has 148 valence electrons. The predicted octanol–water partition coefficient (Wildman–Crippen LogP) is 1.71. The number of nitrogens with one attached hydrogen (secondary N) is 2. The third-order valence-electron chi connectivity index (χ3n) is 4.54. The third-order valence-corrected chi connectivity index (χ3v) is 4.54. The van der Waals surface area contributed by atoms with Crippen molar-refractivity contribution in [2.24, 2.45) is 0 Å². The number of carbonyl (C=O) groups excluding carboxylic acids is 3. The summed E-state index contributed by atoms with van der Waals surface area (Å²) in [6.07, 6.45) is 6.47. The Bertz CT molecular complexity index is 994. The van der Waals surface area contributed by atoms with Crippen LogP contribution < -0.4 is 20.3 Å². The van der Waals surface area contributed by atoms with Crippen molar-refractivity contribution >= 4 is 29.1 Å². The summed E-state index contributed by atoms with van der Waals surface area (Å²) in [5, 5.41) is 5.31. The van der Waals surface area contributed by atoms with Crippen LogP contribution in [0.3, 0.4) is 0 Å². The van der Waals surface area contributed by atoms with Gasteiger partial charge in [0.2, 0.25) is 11.8 Å². The second kappa shape index (κ2) is 8.93. The van der Waals surface area contributed by atoms with Gasteiger partial charge >= 0.3 is 0 Å². The van der Waals surface area contributed by atoms with Gasteiger partial charge in [0, 0.05) is 30.4 Å². The fraction of sp³-hybridized carbons (Fsp3) is 0.227. The van der Waals surface area contributed by atoms with E-state index < -0.39 is 0 Å². The summed E-state index contributed by atoms with van der Waals surface area (Å²) in [6, 6.07) is 12.1. The molecule has 2 aromatic carbocycles. The summed E-state index contributed by atoms with van der Waals surface area (Å²) in [5.74, 6) is 2.33. The normalized spacial score (nSPS) is 12.2. The fourth-order valence-electron chi connectivity index (χ4n) is 2.98. The van der Waals surface area contributed by atoms with Crippen molar-refractivity contribution < 1.29 is 19.1 Å². The standard InChI is InChI=1S/C22H21N3O4/c1-3-15-5-4-6-17(11-15)25(13-21(27)23-2)22(28)14-29-18-8-9-19-16(12-18)7-10-20(26)24-19/h1,4-6,8-9,11-12H,7,10,13-14H2,2H3,(H,23,27)(H,24,26). The van der Waals surface area contributed by atoms with Gasteiger partial charge in [0.15, 0.2) is 6.61 Å². The summed E-state index contributed by atoms with van der Waals surface area (Å²) in [4.78, 5) is 37.5. The maximum Gasteiger partial charge on any atom is 0.265 e. The van der Waals surface area contributed by atoms with Gasteiger partial charge in [-0.05, 0) is 48.4 Å². The molecule has 3 amide bonds. The Morgan fingerprint density at radius 2 is 2.07 bits per heavy atom. The lowest BCUT2D eigenvalue weighted by molar-refractivity contribution is -0.124. The van der Waals surface area contributed by atoms with E-state index in [0.717, 1.165) is 11.3 Å². The topological polar surface area (TPSA) is 87.7 Å². The Balaban J connectivity index is 1.73. The molecule has 3 rings (SSSR count). The van der Waals surface area contributed by atoms with E-state index in [1.165, 1.54) is 11.9 Å². The molecule has 0 aliphatic carbocycles. The number of hydrogen-bond acceptors (Lipinski definition) is 4. The number of amides is 3. The van der Waals surface area contributed by atoms with Gasteiger partial charge in [-0.15, -0.1) is 6.42 Å². The zero-order chi connectivity index (χ0) is 20.8. The number of aryl methyl sites for hydroxylation is 1. The van der Waals surface area contributed by atoms with Gasteiger partial charge in [0.05, 0.1) is 0 Å². The van der Waals surface area contributed by atoms with Crippen molar-refractivity contribution in [2.45, 2.75) is 12.8 Å². The molecule has 2 aromatic rings. The van der Waals surface area contributed by atoms with Crippen LogP contribution in [0.4, 0.5) is 11.4 Å². The van der Waals surface area contributed by atoms with Crippen LogP contribution in [-0.4, -0.2) is 37.9 Å². The first-order chi connectivity index (χ1) is 14.0. The maximum atomic E-state index is 12.8. The van der Waals surface area contributed by atoms with E-state index in [9.17, 15) is 14.4 Å². The molecule has 1 aliphatic rings. The minimum absolute atomic E-state index is 0.0135. The number of ether oxygens (including phenoxy) is 1. The summed E-state index contributed by atoms with van der Waals surface area (Å²) in [6.45, 7) is -0.397. The van der Waals surface area contributed by atoms with E-state index in [-0.39, 0.29) is 30.9 Å². The Morgan fingerprint density at radius 1 is 1.24 bits per heavy atom. The molecular formula is C22H21N3O4. The minimum Gasteiger partial charge on any atom is -0.484 e. The van der Waals surface area contributed by atoms with Crippen LogP contribution in [0.25, 0.3) is 0 Å². The monoisotopic (exact) mass is 391 g/mol. The molecule has 0 saturated carbocycles. The van der Waals surface area contributed by atoms with Gasteiger partial charge < -0.3 is 20.3 Å². The molecule has 0 aromatic heterocycles. The molecule has 29 heavy (non-hydrogen) atoms. The van der Waals surface area contributed by atoms with E-state index in [2.05, 4.69) is 16.6 Å². The van der Waals surface area contributed by atoms with Crippen molar-refractivity contribution in [3.63, 3.8) is 0 Å². The Hall–Kier alpha value is -3.79. The fourth-order valence-corrected chi connectivity index (χ4v) is 2.98. The summed E-state index contributed by atoms with van der Waals surface area (Å²) in [5.41, 5.74) is 2.84. The molecule has 0 radical (unpaired) electrons. The van der Waals surface area contributed by atoms with Crippen molar-refractivity contribution in [3.05, 3.63) is 53.6 Å². The molecule has 7 nitrogen and oxygen atoms in total. The van der Waals surface area contributed by atoms with Gasteiger partial charge in [0.1, 0.15) is 12.3 Å². The quantitative estimate of drug-likeness (QED) is 0.734. The van der Waals surface area contributed by atoms with Crippen LogP contribution in [0.1, 0.15) is 17.5 Å². The molecule has 0 atom stereocenters. The Morgan fingerprint density at radius 3 is 2.83 bits per heavy atom. The molecule has 1 heterocycles. The van der Waals surface area contributed by atoms with Crippen LogP contribution in [-0.2, 0) is 20.8 Å². The van der Waals surface area contributed by atoms with Gasteiger partial charge in [-0.25, -0.2) is 0 Å². The van der Waals surface area contributed by atoms with E-state index in [4.69, 9.17) is 11.2 Å². The summed E-state index contributed by atoms with van der Waals surface area (Å²) >= 11 is 0. The SMILES string of the molecule is C#Cc1cccc(N(CC(=O)NC)C(=O)COc2ccc3c(c2)CCC(=O)N3)c1. The second-order valence-electron chi connectivity index (χ2n) is 6.50. The molecular weight excluding hydrogens is 370 g/mol. The number of rotatable bonds is 6. The van der Waals surface area contributed by atoms with Gasteiger partial charge in [-0.1, -0.05) is 12.0 Å². The summed E-state index contributed by atoms with van der Waals surface area (Å²) in [7, 11) is 1.51. The average molecular weight is 391 g/mol. The van der Waals surface area contributed by atoms with E-state index >= 15 is 0 Å².